The van der Waals surface area contributed by atoms with Gasteiger partial charge in [-0.2, -0.15) is 0 Å². The Morgan fingerprint density at radius 2 is 2.10 bits per heavy atom. The van der Waals surface area contributed by atoms with E-state index in [0.717, 1.165) is 6.54 Å². The summed E-state index contributed by atoms with van der Waals surface area (Å²) in [5.74, 6) is 0.948. The molecule has 0 aliphatic heterocycles. The van der Waals surface area contributed by atoms with Gasteiger partial charge in [0.05, 0.1) is 10.5 Å². The first-order valence-electron chi connectivity index (χ1n) is 6.67. The van der Waals surface area contributed by atoms with Crippen molar-refractivity contribution in [2.24, 2.45) is 5.92 Å². The van der Waals surface area contributed by atoms with Crippen LogP contribution in [-0.4, -0.2) is 35.8 Å². The highest BCUT2D eigenvalue weighted by atomic mass is 16.6. The third-order valence-corrected chi connectivity index (χ3v) is 2.82. The van der Waals surface area contributed by atoms with Crippen molar-refractivity contribution in [1.29, 1.82) is 0 Å². The third kappa shape index (κ3) is 5.14. The number of ether oxygens (including phenoxy) is 1. The van der Waals surface area contributed by atoms with Gasteiger partial charge >= 0.3 is 0 Å². The van der Waals surface area contributed by atoms with E-state index >= 15 is 0 Å². The van der Waals surface area contributed by atoms with Gasteiger partial charge in [0.25, 0.3) is 5.69 Å². The number of rotatable bonds is 8. The van der Waals surface area contributed by atoms with Crippen molar-refractivity contribution in [2.75, 3.05) is 19.7 Å². The smallest absolute Gasteiger partial charge is 0.276 e. The van der Waals surface area contributed by atoms with Gasteiger partial charge < -0.3 is 15.2 Å². The standard InChI is InChI=1S/C14H22N2O4/c1-10(2)7-15-8-12(17)9-20-14-6-4-5-13(11(14)3)16(18)19/h4-6,10,12,15,17H,7-9H2,1-3H3. The molecule has 1 aromatic carbocycles. The summed E-state index contributed by atoms with van der Waals surface area (Å²) in [6, 6.07) is 4.67. The summed E-state index contributed by atoms with van der Waals surface area (Å²) in [6.07, 6.45) is -0.646. The Hall–Kier alpha value is -1.66. The maximum atomic E-state index is 10.8. The minimum Gasteiger partial charge on any atom is -0.490 e. The van der Waals surface area contributed by atoms with Gasteiger partial charge in [-0.25, -0.2) is 0 Å². The van der Waals surface area contributed by atoms with Crippen LogP contribution in [0.5, 0.6) is 5.75 Å². The molecule has 112 valence electrons. The maximum absolute atomic E-state index is 10.8. The molecule has 0 heterocycles. The Morgan fingerprint density at radius 1 is 1.40 bits per heavy atom. The monoisotopic (exact) mass is 282 g/mol. The summed E-state index contributed by atoms with van der Waals surface area (Å²) < 4.78 is 5.45. The largest absolute Gasteiger partial charge is 0.490 e. The lowest BCUT2D eigenvalue weighted by atomic mass is 10.2. The second kappa shape index (κ2) is 7.81. The minimum absolute atomic E-state index is 0.0231. The Bertz CT molecular complexity index is 449. The zero-order valence-electron chi connectivity index (χ0n) is 12.1. The zero-order chi connectivity index (χ0) is 15.1. The molecule has 1 aromatic rings. The molecule has 6 heteroatoms. The summed E-state index contributed by atoms with van der Waals surface area (Å²) in [4.78, 5) is 10.4. The second-order valence-electron chi connectivity index (χ2n) is 5.17. The summed E-state index contributed by atoms with van der Waals surface area (Å²) in [6.45, 7) is 7.17. The SMILES string of the molecule is Cc1c(OCC(O)CNCC(C)C)cccc1[N+](=O)[O-]. The van der Waals surface area contributed by atoms with E-state index < -0.39 is 11.0 Å². The first-order valence-corrected chi connectivity index (χ1v) is 6.67. The summed E-state index contributed by atoms with van der Waals surface area (Å²) >= 11 is 0. The molecule has 0 saturated heterocycles. The Kier molecular flexibility index (Phi) is 6.41. The van der Waals surface area contributed by atoms with Crippen molar-refractivity contribution in [1.82, 2.24) is 5.32 Å². The van der Waals surface area contributed by atoms with Crippen LogP contribution in [0.1, 0.15) is 19.4 Å². The van der Waals surface area contributed by atoms with Crippen LogP contribution >= 0.6 is 0 Å². The number of nitrogens with one attached hydrogen (secondary N) is 1. The quantitative estimate of drug-likeness (QED) is 0.562. The van der Waals surface area contributed by atoms with E-state index in [1.54, 1.807) is 19.1 Å². The fraction of sp³-hybridized carbons (Fsp3) is 0.571. The average Bonchev–Trinajstić information content (AvgIpc) is 2.36. The van der Waals surface area contributed by atoms with E-state index in [-0.39, 0.29) is 12.3 Å². The molecule has 1 unspecified atom stereocenters. The highest BCUT2D eigenvalue weighted by molar-refractivity contribution is 5.48. The van der Waals surface area contributed by atoms with Crippen LogP contribution in [0.4, 0.5) is 5.69 Å². The van der Waals surface area contributed by atoms with Gasteiger partial charge in [0, 0.05) is 12.6 Å². The molecule has 0 amide bonds. The molecule has 0 fully saturated rings. The van der Waals surface area contributed by atoms with Crippen LogP contribution < -0.4 is 10.1 Å². The molecule has 20 heavy (non-hydrogen) atoms. The molecule has 0 radical (unpaired) electrons. The van der Waals surface area contributed by atoms with Crippen LogP contribution in [0, 0.1) is 23.0 Å². The topological polar surface area (TPSA) is 84.6 Å². The van der Waals surface area contributed by atoms with Gasteiger partial charge in [0.15, 0.2) is 0 Å². The van der Waals surface area contributed by atoms with Crippen LogP contribution in [0.15, 0.2) is 18.2 Å². The summed E-state index contributed by atoms with van der Waals surface area (Å²) in [7, 11) is 0. The number of aliphatic hydroxyl groups is 1. The van der Waals surface area contributed by atoms with Gasteiger partial charge in [-0.1, -0.05) is 19.9 Å². The highest BCUT2D eigenvalue weighted by Crippen LogP contribution is 2.26. The average molecular weight is 282 g/mol. The van der Waals surface area contributed by atoms with E-state index in [0.29, 0.717) is 23.8 Å². The number of hydrogen-bond donors (Lipinski definition) is 2. The molecule has 6 nitrogen and oxygen atoms in total. The van der Waals surface area contributed by atoms with E-state index in [1.165, 1.54) is 6.07 Å². The van der Waals surface area contributed by atoms with Crippen molar-refractivity contribution in [3.05, 3.63) is 33.9 Å². The molecular formula is C14H22N2O4. The van der Waals surface area contributed by atoms with Gasteiger partial charge in [-0.3, -0.25) is 10.1 Å². The maximum Gasteiger partial charge on any atom is 0.276 e. The van der Waals surface area contributed by atoms with Crippen LogP contribution in [0.3, 0.4) is 0 Å². The van der Waals surface area contributed by atoms with Gasteiger partial charge in [-0.15, -0.1) is 0 Å². The van der Waals surface area contributed by atoms with Crippen molar-refractivity contribution in [3.8, 4) is 5.75 Å². The van der Waals surface area contributed by atoms with Crippen LogP contribution in [0.2, 0.25) is 0 Å². The molecular weight excluding hydrogens is 260 g/mol. The Balaban J connectivity index is 2.49. The molecule has 1 rings (SSSR count). The molecule has 0 aromatic heterocycles. The fourth-order valence-electron chi connectivity index (χ4n) is 1.74. The van der Waals surface area contributed by atoms with Crippen molar-refractivity contribution in [3.63, 3.8) is 0 Å². The molecule has 0 aliphatic rings. The van der Waals surface area contributed by atoms with Crippen molar-refractivity contribution >= 4 is 5.69 Å². The van der Waals surface area contributed by atoms with E-state index in [9.17, 15) is 15.2 Å². The predicted molar refractivity (Wildman–Crippen MR) is 77.0 cm³/mol. The normalized spacial score (nSPS) is 12.4. The van der Waals surface area contributed by atoms with Crippen molar-refractivity contribution < 1.29 is 14.8 Å². The Morgan fingerprint density at radius 3 is 2.70 bits per heavy atom. The number of hydrogen-bond acceptors (Lipinski definition) is 5. The van der Waals surface area contributed by atoms with E-state index in [1.807, 2.05) is 0 Å². The molecule has 0 bridgehead atoms. The van der Waals surface area contributed by atoms with E-state index in [4.69, 9.17) is 4.74 Å². The zero-order valence-corrected chi connectivity index (χ0v) is 12.1. The number of nitro benzene ring substituents is 1. The lowest BCUT2D eigenvalue weighted by Crippen LogP contribution is -2.33. The van der Waals surface area contributed by atoms with Crippen molar-refractivity contribution in [2.45, 2.75) is 26.9 Å². The summed E-state index contributed by atoms with van der Waals surface area (Å²) in [5, 5.41) is 23.7. The number of nitrogens with zero attached hydrogens (tertiary/aromatic N) is 1. The number of benzene rings is 1. The first-order chi connectivity index (χ1) is 9.41. The van der Waals surface area contributed by atoms with Gasteiger partial charge in [-0.05, 0) is 25.5 Å². The van der Waals surface area contributed by atoms with Crippen LogP contribution in [0.25, 0.3) is 0 Å². The number of nitro groups is 1. The molecule has 0 saturated carbocycles. The van der Waals surface area contributed by atoms with Gasteiger partial charge in [0.2, 0.25) is 0 Å². The molecule has 0 aliphatic carbocycles. The molecule has 2 N–H and O–H groups in total. The highest BCUT2D eigenvalue weighted by Gasteiger charge is 2.15. The van der Waals surface area contributed by atoms with Crippen LogP contribution in [-0.2, 0) is 0 Å². The molecule has 1 atom stereocenters. The first kappa shape index (κ1) is 16.4. The minimum atomic E-state index is -0.646. The lowest BCUT2D eigenvalue weighted by molar-refractivity contribution is -0.385. The lowest BCUT2D eigenvalue weighted by Gasteiger charge is -2.15. The van der Waals surface area contributed by atoms with E-state index in [2.05, 4.69) is 19.2 Å². The fourth-order valence-corrected chi connectivity index (χ4v) is 1.74. The Labute approximate surface area is 118 Å². The summed E-state index contributed by atoms with van der Waals surface area (Å²) in [5.41, 5.74) is 0.495. The third-order valence-electron chi connectivity index (χ3n) is 2.82. The van der Waals surface area contributed by atoms with Gasteiger partial charge in [0.1, 0.15) is 18.5 Å². The predicted octanol–water partition coefficient (Wildman–Crippen LogP) is 1.89. The molecule has 0 spiro atoms. The second-order valence-corrected chi connectivity index (χ2v) is 5.17. The number of aliphatic hydroxyl groups excluding tert-OH is 1.